The first-order chi connectivity index (χ1) is 9.84. The Balaban J connectivity index is 2.94. The van der Waals surface area contributed by atoms with Crippen LogP contribution in [0.3, 0.4) is 0 Å². The van der Waals surface area contributed by atoms with Crippen LogP contribution < -0.4 is 0 Å². The maximum absolute atomic E-state index is 12.2. The van der Waals surface area contributed by atoms with Crippen molar-refractivity contribution in [2.75, 3.05) is 6.61 Å². The molecule has 0 bridgehead atoms. The second-order valence-electron chi connectivity index (χ2n) is 5.17. The van der Waals surface area contributed by atoms with E-state index in [1.54, 1.807) is 6.92 Å². The summed E-state index contributed by atoms with van der Waals surface area (Å²) in [6.45, 7) is 3.47. The van der Waals surface area contributed by atoms with E-state index in [9.17, 15) is 14.4 Å². The number of rotatable bonds is 4. The van der Waals surface area contributed by atoms with E-state index < -0.39 is 15.5 Å². The summed E-state index contributed by atoms with van der Waals surface area (Å²) in [7, 11) is 0. The summed E-state index contributed by atoms with van der Waals surface area (Å²) in [5.41, 5.74) is 0. The first-order valence-electron chi connectivity index (χ1n) is 6.96. The number of carbonyl (C=O) groups excluding carboxylic acids is 3. The summed E-state index contributed by atoms with van der Waals surface area (Å²) in [5.74, 6) is -0.929. The molecule has 1 aliphatic carbocycles. The SMILES string of the molecule is CCOC(=O)C1(I)CCC[C@@H](C=O)[C@H](OC(C)=O)C(I)C1. The highest BCUT2D eigenvalue weighted by Gasteiger charge is 2.44. The van der Waals surface area contributed by atoms with Gasteiger partial charge in [-0.25, -0.2) is 0 Å². The Hall–Kier alpha value is 0.0700. The molecule has 2 unspecified atom stereocenters. The van der Waals surface area contributed by atoms with Gasteiger partial charge in [-0.05, 0) is 26.2 Å². The van der Waals surface area contributed by atoms with Crippen molar-refractivity contribution in [1.29, 1.82) is 0 Å². The van der Waals surface area contributed by atoms with Gasteiger partial charge < -0.3 is 14.3 Å². The molecule has 1 rings (SSSR count). The average Bonchev–Trinajstić information content (AvgIpc) is 2.40. The van der Waals surface area contributed by atoms with Crippen molar-refractivity contribution in [3.8, 4) is 0 Å². The molecule has 0 aromatic carbocycles. The number of carbonyl (C=O) groups is 3. The highest BCUT2D eigenvalue weighted by molar-refractivity contribution is 14.1. The van der Waals surface area contributed by atoms with Crippen molar-refractivity contribution in [2.24, 2.45) is 5.92 Å². The van der Waals surface area contributed by atoms with Crippen LogP contribution in [0.25, 0.3) is 0 Å². The monoisotopic (exact) mass is 522 g/mol. The molecule has 5 nitrogen and oxygen atoms in total. The fourth-order valence-corrected chi connectivity index (χ4v) is 5.81. The summed E-state index contributed by atoms with van der Waals surface area (Å²) in [6, 6.07) is 0. The molecule has 120 valence electrons. The Bertz CT molecular complexity index is 401. The predicted octanol–water partition coefficient (Wildman–Crippen LogP) is 2.85. The molecule has 0 aromatic heterocycles. The van der Waals surface area contributed by atoms with Crippen LogP contribution in [0.15, 0.2) is 0 Å². The normalized spacial score (nSPS) is 33.4. The van der Waals surface area contributed by atoms with E-state index in [4.69, 9.17) is 9.47 Å². The summed E-state index contributed by atoms with van der Waals surface area (Å²) in [5, 5.41) is 0. The zero-order valence-corrected chi connectivity index (χ0v) is 16.5. The van der Waals surface area contributed by atoms with E-state index >= 15 is 0 Å². The van der Waals surface area contributed by atoms with Gasteiger partial charge >= 0.3 is 11.9 Å². The van der Waals surface area contributed by atoms with Crippen LogP contribution in [0.5, 0.6) is 0 Å². The minimum atomic E-state index is -0.619. The number of esters is 2. The Morgan fingerprint density at radius 2 is 2.10 bits per heavy atom. The van der Waals surface area contributed by atoms with Gasteiger partial charge in [0.05, 0.1) is 16.4 Å². The van der Waals surface area contributed by atoms with Gasteiger partial charge in [-0.2, -0.15) is 0 Å². The fraction of sp³-hybridized carbons (Fsp3) is 0.786. The Kier molecular flexibility index (Phi) is 7.86. The topological polar surface area (TPSA) is 69.7 Å². The zero-order chi connectivity index (χ0) is 16.0. The lowest BCUT2D eigenvalue weighted by atomic mass is 9.84. The fourth-order valence-electron chi connectivity index (χ4n) is 2.52. The van der Waals surface area contributed by atoms with Crippen molar-refractivity contribution in [3.63, 3.8) is 0 Å². The van der Waals surface area contributed by atoms with Crippen molar-refractivity contribution in [1.82, 2.24) is 0 Å². The molecule has 0 radical (unpaired) electrons. The summed E-state index contributed by atoms with van der Waals surface area (Å²) >= 11 is 4.32. The third kappa shape index (κ3) is 5.33. The highest BCUT2D eigenvalue weighted by atomic mass is 127. The molecular weight excluding hydrogens is 502 g/mol. The number of ether oxygens (including phenoxy) is 2. The smallest absolute Gasteiger partial charge is 0.322 e. The van der Waals surface area contributed by atoms with Gasteiger partial charge in [-0.1, -0.05) is 51.6 Å². The standard InChI is InChI=1S/C14H20I2O5/c1-3-20-13(19)14(16)6-4-5-10(8-17)12(11(15)7-14)21-9(2)18/h8,10-12H,3-7H2,1-2H3/t10-,11?,12-,14?/m0/s1. The Morgan fingerprint density at radius 1 is 1.43 bits per heavy atom. The van der Waals surface area contributed by atoms with Crippen molar-refractivity contribution < 1.29 is 23.9 Å². The van der Waals surface area contributed by atoms with Crippen LogP contribution in [0.1, 0.15) is 39.5 Å². The van der Waals surface area contributed by atoms with Gasteiger partial charge in [0.15, 0.2) is 0 Å². The lowest BCUT2D eigenvalue weighted by molar-refractivity contribution is -0.150. The third-order valence-electron chi connectivity index (χ3n) is 3.53. The van der Waals surface area contributed by atoms with Crippen molar-refractivity contribution in [3.05, 3.63) is 0 Å². The largest absolute Gasteiger partial charge is 0.465 e. The van der Waals surface area contributed by atoms with Crippen LogP contribution in [-0.4, -0.2) is 38.3 Å². The molecule has 0 amide bonds. The molecule has 4 atom stereocenters. The Morgan fingerprint density at radius 3 is 2.62 bits per heavy atom. The van der Waals surface area contributed by atoms with Crippen molar-refractivity contribution in [2.45, 2.75) is 53.0 Å². The van der Waals surface area contributed by atoms with E-state index in [0.717, 1.165) is 12.7 Å². The molecule has 0 N–H and O–H groups in total. The average molecular weight is 522 g/mol. The molecule has 0 aliphatic heterocycles. The third-order valence-corrected chi connectivity index (χ3v) is 6.09. The van der Waals surface area contributed by atoms with E-state index in [1.165, 1.54) is 6.92 Å². The lowest BCUT2D eigenvalue weighted by Crippen LogP contribution is -2.44. The van der Waals surface area contributed by atoms with Gasteiger partial charge in [0.25, 0.3) is 0 Å². The number of aldehydes is 1. The minimum Gasteiger partial charge on any atom is -0.465 e. The molecule has 0 aromatic rings. The van der Waals surface area contributed by atoms with E-state index in [1.807, 2.05) is 0 Å². The maximum atomic E-state index is 12.2. The Labute approximate surface area is 152 Å². The highest BCUT2D eigenvalue weighted by Crippen LogP contribution is 2.40. The number of hydrogen-bond donors (Lipinski definition) is 0. The molecule has 1 saturated carbocycles. The zero-order valence-electron chi connectivity index (χ0n) is 12.1. The molecule has 1 aliphatic rings. The summed E-state index contributed by atoms with van der Waals surface area (Å²) < 4.78 is 9.79. The summed E-state index contributed by atoms with van der Waals surface area (Å²) in [4.78, 5) is 34.8. The van der Waals surface area contributed by atoms with E-state index in [-0.39, 0.29) is 15.8 Å². The van der Waals surface area contributed by atoms with Gasteiger partial charge in [0.2, 0.25) is 0 Å². The molecule has 0 heterocycles. The molecule has 1 fully saturated rings. The van der Waals surface area contributed by atoms with Crippen LogP contribution in [-0.2, 0) is 23.9 Å². The van der Waals surface area contributed by atoms with Crippen LogP contribution in [0, 0.1) is 5.92 Å². The van der Waals surface area contributed by atoms with Crippen LogP contribution >= 0.6 is 45.2 Å². The second kappa shape index (κ2) is 8.64. The molecule has 0 saturated heterocycles. The van der Waals surface area contributed by atoms with Crippen molar-refractivity contribution >= 4 is 63.4 Å². The number of halogens is 2. The molecule has 0 spiro atoms. The van der Waals surface area contributed by atoms with E-state index in [2.05, 4.69) is 45.2 Å². The predicted molar refractivity (Wildman–Crippen MR) is 94.8 cm³/mol. The minimum absolute atomic E-state index is 0.108. The molecular formula is C14H20I2O5. The maximum Gasteiger partial charge on any atom is 0.322 e. The first kappa shape index (κ1) is 19.1. The van der Waals surface area contributed by atoms with Gasteiger partial charge in [0, 0.05) is 6.92 Å². The molecule has 21 heavy (non-hydrogen) atoms. The van der Waals surface area contributed by atoms with Crippen LogP contribution in [0.4, 0.5) is 0 Å². The quantitative estimate of drug-likeness (QED) is 0.246. The van der Waals surface area contributed by atoms with Gasteiger partial charge in [-0.15, -0.1) is 0 Å². The molecule has 7 heteroatoms. The van der Waals surface area contributed by atoms with E-state index in [0.29, 0.717) is 25.9 Å². The number of hydrogen-bond acceptors (Lipinski definition) is 5. The van der Waals surface area contributed by atoms with Gasteiger partial charge in [0.1, 0.15) is 15.8 Å². The first-order valence-corrected chi connectivity index (χ1v) is 9.29. The summed E-state index contributed by atoms with van der Waals surface area (Å²) in [6.07, 6.45) is 2.92. The lowest BCUT2D eigenvalue weighted by Gasteiger charge is -2.35. The van der Waals surface area contributed by atoms with Gasteiger partial charge in [-0.3, -0.25) is 9.59 Å². The van der Waals surface area contributed by atoms with Crippen LogP contribution in [0.2, 0.25) is 0 Å². The second-order valence-corrected chi connectivity index (χ2v) is 8.84. The number of alkyl halides is 2.